The molecule has 2 aliphatic rings. The number of aromatic nitrogens is 4. The standard InChI is InChI=1S/C20H22N6O/c27-20(15-8-9-15)21-16-7-4-12-25(13-16)18-11-10-17-22-23-19(26(17)24-18)14-5-2-1-3-6-14/h1-3,5-6,10-11,15-16H,4,7-9,12-13H2,(H,21,27). The number of hydrogen-bond donors (Lipinski definition) is 1. The second-order valence-corrected chi connectivity index (χ2v) is 7.42. The van der Waals surface area contributed by atoms with Crippen LogP contribution in [0.25, 0.3) is 17.0 Å². The van der Waals surface area contributed by atoms with Gasteiger partial charge in [-0.15, -0.1) is 15.3 Å². The lowest BCUT2D eigenvalue weighted by molar-refractivity contribution is -0.123. The largest absolute Gasteiger partial charge is 0.353 e. The zero-order valence-electron chi connectivity index (χ0n) is 15.1. The van der Waals surface area contributed by atoms with E-state index in [4.69, 9.17) is 5.10 Å². The molecule has 1 atom stereocenters. The molecule has 1 saturated carbocycles. The molecule has 7 heteroatoms. The summed E-state index contributed by atoms with van der Waals surface area (Å²) in [4.78, 5) is 14.3. The second kappa shape index (κ2) is 6.64. The summed E-state index contributed by atoms with van der Waals surface area (Å²) in [6, 6.07) is 14.1. The van der Waals surface area contributed by atoms with Crippen molar-refractivity contribution in [1.29, 1.82) is 0 Å². The molecule has 5 rings (SSSR count). The summed E-state index contributed by atoms with van der Waals surface area (Å²) < 4.78 is 1.80. The number of hydrogen-bond acceptors (Lipinski definition) is 5. The summed E-state index contributed by atoms with van der Waals surface area (Å²) in [6.07, 6.45) is 4.15. The molecule has 3 heterocycles. The SMILES string of the molecule is O=C(NC1CCCN(c2ccc3nnc(-c4ccccc4)n3n2)C1)C1CC1. The van der Waals surface area contributed by atoms with Crippen LogP contribution in [0.3, 0.4) is 0 Å². The van der Waals surface area contributed by atoms with E-state index in [-0.39, 0.29) is 17.9 Å². The molecule has 1 N–H and O–H groups in total. The number of carbonyl (C=O) groups is 1. The lowest BCUT2D eigenvalue weighted by Crippen LogP contribution is -2.48. The maximum Gasteiger partial charge on any atom is 0.223 e. The molecule has 1 unspecified atom stereocenters. The highest BCUT2D eigenvalue weighted by Gasteiger charge is 2.32. The lowest BCUT2D eigenvalue weighted by Gasteiger charge is -2.33. The van der Waals surface area contributed by atoms with Crippen LogP contribution in [0.5, 0.6) is 0 Å². The first-order valence-electron chi connectivity index (χ1n) is 9.61. The van der Waals surface area contributed by atoms with Gasteiger partial charge >= 0.3 is 0 Å². The molecular formula is C20H22N6O. The van der Waals surface area contributed by atoms with E-state index >= 15 is 0 Å². The fraction of sp³-hybridized carbons (Fsp3) is 0.400. The molecule has 1 amide bonds. The summed E-state index contributed by atoms with van der Waals surface area (Å²) in [7, 11) is 0. The molecule has 1 saturated heterocycles. The van der Waals surface area contributed by atoms with Crippen molar-refractivity contribution in [3.05, 3.63) is 42.5 Å². The van der Waals surface area contributed by atoms with Crippen LogP contribution in [-0.2, 0) is 4.79 Å². The number of anilines is 1. The van der Waals surface area contributed by atoms with Crippen LogP contribution in [0.15, 0.2) is 42.5 Å². The van der Waals surface area contributed by atoms with Gasteiger partial charge in [-0.25, -0.2) is 0 Å². The predicted molar refractivity (Wildman–Crippen MR) is 102 cm³/mol. The Labute approximate surface area is 157 Å². The Bertz CT molecular complexity index is 965. The fourth-order valence-electron chi connectivity index (χ4n) is 3.68. The molecule has 7 nitrogen and oxygen atoms in total. The van der Waals surface area contributed by atoms with Crippen molar-refractivity contribution in [3.8, 4) is 11.4 Å². The maximum absolute atomic E-state index is 12.1. The molecule has 0 spiro atoms. The Balaban J connectivity index is 1.40. The Morgan fingerprint density at radius 1 is 1.04 bits per heavy atom. The molecule has 27 heavy (non-hydrogen) atoms. The van der Waals surface area contributed by atoms with Gasteiger partial charge < -0.3 is 10.2 Å². The summed E-state index contributed by atoms with van der Waals surface area (Å²) >= 11 is 0. The Kier molecular flexibility index (Phi) is 3.99. The highest BCUT2D eigenvalue weighted by molar-refractivity contribution is 5.81. The highest BCUT2D eigenvalue weighted by Crippen LogP contribution is 2.29. The van der Waals surface area contributed by atoms with Gasteiger partial charge in [-0.2, -0.15) is 4.52 Å². The molecule has 2 fully saturated rings. The van der Waals surface area contributed by atoms with Crippen LogP contribution in [0.4, 0.5) is 5.82 Å². The number of nitrogens with zero attached hydrogens (tertiary/aromatic N) is 5. The van der Waals surface area contributed by atoms with Crippen LogP contribution < -0.4 is 10.2 Å². The Hall–Kier alpha value is -2.96. The minimum atomic E-state index is 0.193. The van der Waals surface area contributed by atoms with Crippen LogP contribution in [0.2, 0.25) is 0 Å². The summed E-state index contributed by atoms with van der Waals surface area (Å²) in [5.41, 5.74) is 1.72. The van der Waals surface area contributed by atoms with Crippen molar-refractivity contribution in [2.24, 2.45) is 5.92 Å². The van der Waals surface area contributed by atoms with Gasteiger partial charge in [-0.1, -0.05) is 30.3 Å². The van der Waals surface area contributed by atoms with Gasteiger partial charge in [0.25, 0.3) is 0 Å². The van der Waals surface area contributed by atoms with E-state index in [1.54, 1.807) is 4.52 Å². The first-order valence-corrected chi connectivity index (χ1v) is 9.61. The lowest BCUT2D eigenvalue weighted by atomic mass is 10.1. The van der Waals surface area contributed by atoms with E-state index in [9.17, 15) is 4.79 Å². The van der Waals surface area contributed by atoms with Crippen molar-refractivity contribution < 1.29 is 4.79 Å². The Morgan fingerprint density at radius 3 is 2.70 bits per heavy atom. The maximum atomic E-state index is 12.1. The molecule has 1 aromatic carbocycles. The molecule has 1 aliphatic heterocycles. The normalized spacial score (nSPS) is 20.0. The monoisotopic (exact) mass is 362 g/mol. The third-order valence-electron chi connectivity index (χ3n) is 5.32. The number of benzene rings is 1. The van der Waals surface area contributed by atoms with Gasteiger partial charge in [0, 0.05) is 30.6 Å². The number of amides is 1. The van der Waals surface area contributed by atoms with Crippen molar-refractivity contribution >= 4 is 17.4 Å². The zero-order valence-corrected chi connectivity index (χ0v) is 15.1. The van der Waals surface area contributed by atoms with Gasteiger partial charge in [0.2, 0.25) is 5.91 Å². The zero-order chi connectivity index (χ0) is 18.2. The second-order valence-electron chi connectivity index (χ2n) is 7.42. The van der Waals surface area contributed by atoms with Gasteiger partial charge in [0.15, 0.2) is 11.5 Å². The molecule has 138 valence electrons. The predicted octanol–water partition coefficient (Wildman–Crippen LogP) is 2.29. The molecule has 0 radical (unpaired) electrons. The topological polar surface area (TPSA) is 75.4 Å². The van der Waals surface area contributed by atoms with Crippen molar-refractivity contribution in [1.82, 2.24) is 25.1 Å². The average Bonchev–Trinajstić information content (AvgIpc) is 3.48. The smallest absolute Gasteiger partial charge is 0.223 e. The number of nitrogens with one attached hydrogen (secondary N) is 1. The molecule has 1 aliphatic carbocycles. The molecule has 3 aromatic rings. The molecule has 0 bridgehead atoms. The summed E-state index contributed by atoms with van der Waals surface area (Å²) in [5, 5.41) is 16.6. The van der Waals surface area contributed by atoms with Gasteiger partial charge in [0.05, 0.1) is 0 Å². The average molecular weight is 362 g/mol. The van der Waals surface area contributed by atoms with E-state index in [1.165, 1.54) is 0 Å². The fourth-order valence-corrected chi connectivity index (χ4v) is 3.68. The van der Waals surface area contributed by atoms with Gasteiger partial charge in [-0.3, -0.25) is 4.79 Å². The van der Waals surface area contributed by atoms with Crippen LogP contribution in [0, 0.1) is 5.92 Å². The first kappa shape index (κ1) is 16.2. The van der Waals surface area contributed by atoms with Gasteiger partial charge in [0.1, 0.15) is 5.82 Å². The Morgan fingerprint density at radius 2 is 1.89 bits per heavy atom. The summed E-state index contributed by atoms with van der Waals surface area (Å²) in [6.45, 7) is 1.73. The third kappa shape index (κ3) is 3.25. The quantitative estimate of drug-likeness (QED) is 0.771. The third-order valence-corrected chi connectivity index (χ3v) is 5.32. The van der Waals surface area contributed by atoms with Crippen LogP contribution in [0.1, 0.15) is 25.7 Å². The number of rotatable bonds is 4. The van der Waals surface area contributed by atoms with Crippen molar-refractivity contribution in [3.63, 3.8) is 0 Å². The van der Waals surface area contributed by atoms with Crippen molar-refractivity contribution in [2.75, 3.05) is 18.0 Å². The van der Waals surface area contributed by atoms with E-state index < -0.39 is 0 Å². The molecule has 2 aromatic heterocycles. The number of piperidine rings is 1. The van der Waals surface area contributed by atoms with Crippen LogP contribution >= 0.6 is 0 Å². The summed E-state index contributed by atoms with van der Waals surface area (Å²) in [5.74, 6) is 2.10. The minimum absolute atomic E-state index is 0.193. The van der Waals surface area contributed by atoms with E-state index in [0.717, 1.165) is 61.6 Å². The van der Waals surface area contributed by atoms with Gasteiger partial charge in [-0.05, 0) is 37.8 Å². The highest BCUT2D eigenvalue weighted by atomic mass is 16.2. The minimum Gasteiger partial charge on any atom is -0.353 e. The van der Waals surface area contributed by atoms with Crippen molar-refractivity contribution in [2.45, 2.75) is 31.7 Å². The molecular weight excluding hydrogens is 340 g/mol. The number of carbonyl (C=O) groups excluding carboxylic acids is 1. The van der Waals surface area contributed by atoms with E-state index in [2.05, 4.69) is 20.4 Å². The number of fused-ring (bicyclic) bond motifs is 1. The van der Waals surface area contributed by atoms with E-state index in [1.807, 2.05) is 42.5 Å². The van der Waals surface area contributed by atoms with Crippen LogP contribution in [-0.4, -0.2) is 44.8 Å². The van der Waals surface area contributed by atoms with E-state index in [0.29, 0.717) is 0 Å². The first-order chi connectivity index (χ1) is 13.3.